The van der Waals surface area contributed by atoms with Gasteiger partial charge in [-0.2, -0.15) is 0 Å². The highest BCUT2D eigenvalue weighted by molar-refractivity contribution is 7.53. The highest BCUT2D eigenvalue weighted by Gasteiger charge is 2.41. The third-order valence-corrected chi connectivity index (χ3v) is 8.07. The molecule has 2 rings (SSSR count). The summed E-state index contributed by atoms with van der Waals surface area (Å²) in [6.45, 7) is 7.82. The Morgan fingerprint density at radius 3 is 1.85 bits per heavy atom. The zero-order valence-electron chi connectivity index (χ0n) is 15.7. The number of hydrogen-bond donors (Lipinski definition) is 0. The molecule has 2 heterocycles. The standard InChI is InChI=1S/C14H29O9P3/c1-5-13(7-18-24(15)19-8-13)9-20-25(3,16)21-10-14(6-2)11-22-26(4,17)23-12-14/h24H,5-12H2,1-4H3. The largest absolute Gasteiger partial charge is 0.327 e. The molecule has 2 aliphatic rings. The Morgan fingerprint density at radius 2 is 1.42 bits per heavy atom. The van der Waals surface area contributed by atoms with Gasteiger partial charge in [-0.3, -0.25) is 13.7 Å². The van der Waals surface area contributed by atoms with Gasteiger partial charge in [-0.25, -0.2) is 0 Å². The lowest BCUT2D eigenvalue weighted by molar-refractivity contribution is -0.0283. The second-order valence-corrected chi connectivity index (χ2v) is 12.4. The van der Waals surface area contributed by atoms with Crippen molar-refractivity contribution in [2.45, 2.75) is 26.7 Å². The average Bonchev–Trinajstić information content (AvgIpc) is 2.62. The topological polar surface area (TPSA) is 107 Å². The maximum Gasteiger partial charge on any atom is 0.327 e. The van der Waals surface area contributed by atoms with E-state index in [9.17, 15) is 13.7 Å². The Kier molecular flexibility index (Phi) is 7.74. The molecule has 154 valence electrons. The molecule has 0 N–H and O–H groups in total. The fourth-order valence-electron chi connectivity index (χ4n) is 2.42. The van der Waals surface area contributed by atoms with E-state index >= 15 is 0 Å². The molecule has 0 aromatic rings. The molecule has 0 saturated carbocycles. The summed E-state index contributed by atoms with van der Waals surface area (Å²) in [6, 6.07) is 0. The molecule has 26 heavy (non-hydrogen) atoms. The molecule has 0 radical (unpaired) electrons. The van der Waals surface area contributed by atoms with Crippen molar-refractivity contribution < 1.29 is 40.8 Å². The molecule has 0 aromatic heterocycles. The Bertz CT molecular complexity index is 586. The molecular formula is C14H29O9P3. The molecule has 0 spiro atoms. The molecule has 9 nitrogen and oxygen atoms in total. The van der Waals surface area contributed by atoms with Crippen LogP contribution in [-0.4, -0.2) is 53.0 Å². The van der Waals surface area contributed by atoms with E-state index in [0.29, 0.717) is 12.8 Å². The molecule has 0 amide bonds. The predicted octanol–water partition coefficient (Wildman–Crippen LogP) is 3.94. The van der Waals surface area contributed by atoms with Crippen molar-refractivity contribution in [2.75, 3.05) is 53.0 Å². The Labute approximate surface area is 155 Å². The van der Waals surface area contributed by atoms with E-state index in [0.717, 1.165) is 0 Å². The Balaban J connectivity index is 1.88. The lowest BCUT2D eigenvalue weighted by Gasteiger charge is -2.38. The second-order valence-electron chi connectivity index (χ2n) is 7.17. The van der Waals surface area contributed by atoms with Gasteiger partial charge in [0.1, 0.15) is 0 Å². The van der Waals surface area contributed by atoms with Crippen LogP contribution in [0.1, 0.15) is 26.7 Å². The van der Waals surface area contributed by atoms with Crippen molar-refractivity contribution in [3.8, 4) is 0 Å². The monoisotopic (exact) mass is 434 g/mol. The van der Waals surface area contributed by atoms with Crippen LogP contribution in [0.2, 0.25) is 0 Å². The number of rotatable bonds is 8. The van der Waals surface area contributed by atoms with Crippen molar-refractivity contribution >= 4 is 23.4 Å². The van der Waals surface area contributed by atoms with Crippen LogP contribution in [0.5, 0.6) is 0 Å². The van der Waals surface area contributed by atoms with Gasteiger partial charge in [-0.05, 0) is 12.8 Å². The first-order valence-corrected chi connectivity index (χ1v) is 13.8. The molecule has 2 fully saturated rings. The van der Waals surface area contributed by atoms with E-state index in [-0.39, 0.29) is 39.6 Å². The molecular weight excluding hydrogens is 405 g/mol. The molecule has 0 aromatic carbocycles. The lowest BCUT2D eigenvalue weighted by atomic mass is 9.88. The number of hydrogen-bond acceptors (Lipinski definition) is 9. The Hall–Kier alpha value is 0.450. The minimum Gasteiger partial charge on any atom is -0.310 e. The van der Waals surface area contributed by atoms with Crippen molar-refractivity contribution in [1.82, 2.24) is 0 Å². The zero-order valence-corrected chi connectivity index (χ0v) is 18.5. The van der Waals surface area contributed by atoms with Gasteiger partial charge in [0.15, 0.2) is 0 Å². The Morgan fingerprint density at radius 1 is 1.00 bits per heavy atom. The van der Waals surface area contributed by atoms with Crippen LogP contribution in [0, 0.1) is 10.8 Å². The summed E-state index contributed by atoms with van der Waals surface area (Å²) < 4.78 is 67.7. The van der Waals surface area contributed by atoms with Crippen LogP contribution in [0.15, 0.2) is 0 Å². The van der Waals surface area contributed by atoms with E-state index in [4.69, 9.17) is 27.1 Å². The van der Waals surface area contributed by atoms with E-state index < -0.39 is 34.3 Å². The van der Waals surface area contributed by atoms with Crippen LogP contribution in [0.25, 0.3) is 0 Å². The summed E-state index contributed by atoms with van der Waals surface area (Å²) >= 11 is 0. The fourth-order valence-corrected chi connectivity index (χ4v) is 5.53. The van der Waals surface area contributed by atoms with Gasteiger partial charge in [0.05, 0.1) is 39.6 Å². The van der Waals surface area contributed by atoms with Gasteiger partial charge < -0.3 is 27.1 Å². The van der Waals surface area contributed by atoms with Gasteiger partial charge in [-0.1, -0.05) is 13.8 Å². The van der Waals surface area contributed by atoms with Crippen LogP contribution in [-0.2, 0) is 40.8 Å². The maximum atomic E-state index is 12.7. The lowest BCUT2D eigenvalue weighted by Crippen LogP contribution is -2.39. The quantitative estimate of drug-likeness (QED) is 0.525. The molecule has 2 aliphatic heterocycles. The molecule has 0 aliphatic carbocycles. The summed E-state index contributed by atoms with van der Waals surface area (Å²) in [7, 11) is -8.77. The van der Waals surface area contributed by atoms with Gasteiger partial charge in [0.2, 0.25) is 0 Å². The van der Waals surface area contributed by atoms with Gasteiger partial charge in [0.25, 0.3) is 0 Å². The van der Waals surface area contributed by atoms with Gasteiger partial charge in [-0.15, -0.1) is 0 Å². The van der Waals surface area contributed by atoms with Crippen LogP contribution >= 0.6 is 23.4 Å². The van der Waals surface area contributed by atoms with E-state index in [1.807, 2.05) is 13.8 Å². The maximum absolute atomic E-state index is 12.7. The fraction of sp³-hybridized carbons (Fsp3) is 1.00. The highest BCUT2D eigenvalue weighted by atomic mass is 31.2. The highest BCUT2D eigenvalue weighted by Crippen LogP contribution is 2.53. The molecule has 1 atom stereocenters. The molecule has 0 bridgehead atoms. The first kappa shape index (κ1) is 22.7. The molecule has 2 saturated heterocycles. The third-order valence-electron chi connectivity index (χ3n) is 4.91. The summed E-state index contributed by atoms with van der Waals surface area (Å²) in [5.41, 5.74) is -1.01. The van der Waals surface area contributed by atoms with Gasteiger partial charge in [0, 0.05) is 24.2 Å². The van der Waals surface area contributed by atoms with Crippen LogP contribution in [0.3, 0.4) is 0 Å². The predicted molar refractivity (Wildman–Crippen MR) is 97.2 cm³/mol. The third kappa shape index (κ3) is 6.23. The summed E-state index contributed by atoms with van der Waals surface area (Å²) in [4.78, 5) is 0. The van der Waals surface area contributed by atoms with E-state index in [1.165, 1.54) is 13.3 Å². The van der Waals surface area contributed by atoms with Crippen molar-refractivity contribution in [3.05, 3.63) is 0 Å². The average molecular weight is 434 g/mol. The minimum absolute atomic E-state index is 0.108. The van der Waals surface area contributed by atoms with Crippen molar-refractivity contribution in [1.29, 1.82) is 0 Å². The first-order valence-electron chi connectivity index (χ1n) is 8.58. The normalized spacial score (nSPS) is 40.8. The SMILES string of the molecule is CCC1(COP(C)(=O)OCC2(CC)COP(C)(=O)OC2)CO[PH](=O)OC1. The summed E-state index contributed by atoms with van der Waals surface area (Å²) in [5, 5.41) is 0. The zero-order chi connectivity index (χ0) is 19.5. The minimum atomic E-state index is -3.35. The van der Waals surface area contributed by atoms with E-state index in [1.54, 1.807) is 0 Å². The van der Waals surface area contributed by atoms with Crippen LogP contribution in [0.4, 0.5) is 0 Å². The summed E-state index contributed by atoms with van der Waals surface area (Å²) in [6.07, 6.45) is 1.32. The molecule has 1 unspecified atom stereocenters. The van der Waals surface area contributed by atoms with Crippen molar-refractivity contribution in [2.24, 2.45) is 10.8 Å². The van der Waals surface area contributed by atoms with E-state index in [2.05, 4.69) is 0 Å². The van der Waals surface area contributed by atoms with Gasteiger partial charge >= 0.3 is 23.4 Å². The smallest absolute Gasteiger partial charge is 0.310 e. The van der Waals surface area contributed by atoms with Crippen molar-refractivity contribution in [3.63, 3.8) is 0 Å². The first-order chi connectivity index (χ1) is 12.1. The summed E-state index contributed by atoms with van der Waals surface area (Å²) in [5.74, 6) is 0. The second kappa shape index (κ2) is 8.86. The molecule has 12 heteroatoms. The van der Waals surface area contributed by atoms with Crippen LogP contribution < -0.4 is 0 Å².